The van der Waals surface area contributed by atoms with Crippen LogP contribution in [0, 0.1) is 5.92 Å². The Bertz CT molecular complexity index is 361. The van der Waals surface area contributed by atoms with E-state index in [9.17, 15) is 0 Å². The van der Waals surface area contributed by atoms with Gasteiger partial charge >= 0.3 is 0 Å². The lowest BCUT2D eigenvalue weighted by molar-refractivity contribution is 0.369. The topological polar surface area (TPSA) is 34.2 Å². The molecule has 18 heavy (non-hydrogen) atoms. The molecule has 2 rings (SSSR count). The van der Waals surface area contributed by atoms with Gasteiger partial charge in [0, 0.05) is 17.8 Å². The van der Waals surface area contributed by atoms with Crippen molar-refractivity contribution in [3.05, 3.63) is 24.0 Å². The van der Waals surface area contributed by atoms with Gasteiger partial charge in [-0.2, -0.15) is 0 Å². The highest BCUT2D eigenvalue weighted by molar-refractivity contribution is 5.32. The minimum Gasteiger partial charge on any atom is -0.495 e. The van der Waals surface area contributed by atoms with Crippen molar-refractivity contribution in [2.75, 3.05) is 13.7 Å². The van der Waals surface area contributed by atoms with E-state index in [-0.39, 0.29) is 0 Å². The van der Waals surface area contributed by atoms with Crippen molar-refractivity contribution in [2.24, 2.45) is 5.92 Å². The molecule has 1 aliphatic rings. The molecule has 1 unspecified atom stereocenters. The summed E-state index contributed by atoms with van der Waals surface area (Å²) in [5.74, 6) is 1.77. The number of hydrogen-bond donors (Lipinski definition) is 1. The summed E-state index contributed by atoms with van der Waals surface area (Å²) >= 11 is 0. The summed E-state index contributed by atoms with van der Waals surface area (Å²) in [6, 6.07) is 2.48. The number of nitrogens with one attached hydrogen (secondary N) is 1. The van der Waals surface area contributed by atoms with Crippen molar-refractivity contribution in [3.8, 4) is 5.75 Å². The van der Waals surface area contributed by atoms with Crippen LogP contribution in [0.25, 0.3) is 0 Å². The molecule has 0 saturated heterocycles. The highest BCUT2D eigenvalue weighted by Crippen LogP contribution is 2.35. The maximum atomic E-state index is 5.43. The predicted molar refractivity (Wildman–Crippen MR) is 73.8 cm³/mol. The van der Waals surface area contributed by atoms with E-state index in [4.69, 9.17) is 4.74 Å². The van der Waals surface area contributed by atoms with E-state index in [1.165, 1.54) is 37.7 Å². The lowest BCUT2D eigenvalue weighted by Crippen LogP contribution is -2.23. The molecule has 1 saturated carbocycles. The fourth-order valence-electron chi connectivity index (χ4n) is 3.00. The number of rotatable bonds is 6. The van der Waals surface area contributed by atoms with Crippen LogP contribution in [-0.2, 0) is 0 Å². The van der Waals surface area contributed by atoms with E-state index in [1.54, 1.807) is 7.11 Å². The first-order valence-electron chi connectivity index (χ1n) is 7.06. The standard InChI is InChI=1S/C15H24N2O/c1-3-17-14(10-12-6-4-5-7-12)13-8-9-16-11-15(13)18-2/h8-9,11-12,14,17H,3-7,10H2,1-2H3. The quantitative estimate of drug-likeness (QED) is 0.838. The molecular weight excluding hydrogens is 224 g/mol. The fourth-order valence-corrected chi connectivity index (χ4v) is 3.00. The maximum Gasteiger partial charge on any atom is 0.141 e. The molecule has 0 bridgehead atoms. The molecule has 0 aromatic carbocycles. The van der Waals surface area contributed by atoms with Crippen LogP contribution in [0.1, 0.15) is 50.6 Å². The van der Waals surface area contributed by atoms with Crippen LogP contribution >= 0.6 is 0 Å². The normalized spacial score (nSPS) is 17.9. The molecule has 1 aromatic heterocycles. The van der Waals surface area contributed by atoms with Crippen LogP contribution in [0.2, 0.25) is 0 Å². The van der Waals surface area contributed by atoms with Gasteiger partial charge in [-0.05, 0) is 24.9 Å². The highest BCUT2D eigenvalue weighted by atomic mass is 16.5. The van der Waals surface area contributed by atoms with Gasteiger partial charge in [-0.15, -0.1) is 0 Å². The number of pyridine rings is 1. The first-order valence-corrected chi connectivity index (χ1v) is 7.06. The molecule has 3 heteroatoms. The second-order valence-electron chi connectivity index (χ2n) is 5.11. The van der Waals surface area contributed by atoms with Crippen LogP contribution in [0.3, 0.4) is 0 Å². The van der Waals surface area contributed by atoms with Gasteiger partial charge in [-0.3, -0.25) is 4.98 Å². The summed E-state index contributed by atoms with van der Waals surface area (Å²) in [6.07, 6.45) is 10.5. The number of nitrogens with zero attached hydrogens (tertiary/aromatic N) is 1. The van der Waals surface area contributed by atoms with Crippen LogP contribution in [-0.4, -0.2) is 18.6 Å². The summed E-state index contributed by atoms with van der Waals surface area (Å²) in [7, 11) is 1.72. The molecule has 0 spiro atoms. The van der Waals surface area contributed by atoms with E-state index in [2.05, 4.69) is 23.3 Å². The maximum absolute atomic E-state index is 5.43. The number of hydrogen-bond acceptors (Lipinski definition) is 3. The zero-order chi connectivity index (χ0) is 12.8. The third kappa shape index (κ3) is 3.22. The summed E-state index contributed by atoms with van der Waals surface area (Å²) in [5.41, 5.74) is 1.25. The third-order valence-corrected chi connectivity index (χ3v) is 3.91. The molecule has 0 radical (unpaired) electrons. The second-order valence-corrected chi connectivity index (χ2v) is 5.11. The largest absolute Gasteiger partial charge is 0.495 e. The minimum atomic E-state index is 0.399. The van der Waals surface area contributed by atoms with Crippen molar-refractivity contribution < 1.29 is 4.74 Å². The lowest BCUT2D eigenvalue weighted by Gasteiger charge is -2.23. The van der Waals surface area contributed by atoms with Gasteiger partial charge in [-0.1, -0.05) is 32.6 Å². The molecule has 3 nitrogen and oxygen atoms in total. The molecule has 0 aliphatic heterocycles. The molecule has 1 N–H and O–H groups in total. The molecule has 1 fully saturated rings. The minimum absolute atomic E-state index is 0.399. The van der Waals surface area contributed by atoms with Gasteiger partial charge in [0.25, 0.3) is 0 Å². The van der Waals surface area contributed by atoms with Gasteiger partial charge in [-0.25, -0.2) is 0 Å². The Kier molecular flexibility index (Phi) is 5.00. The zero-order valence-corrected chi connectivity index (χ0v) is 11.5. The monoisotopic (exact) mass is 248 g/mol. The van der Waals surface area contributed by atoms with Crippen molar-refractivity contribution in [1.29, 1.82) is 0 Å². The van der Waals surface area contributed by atoms with Crippen molar-refractivity contribution >= 4 is 0 Å². The Morgan fingerprint density at radius 3 is 2.89 bits per heavy atom. The Morgan fingerprint density at radius 1 is 1.44 bits per heavy atom. The first kappa shape index (κ1) is 13.3. The average molecular weight is 248 g/mol. The van der Waals surface area contributed by atoms with Gasteiger partial charge < -0.3 is 10.1 Å². The van der Waals surface area contributed by atoms with Gasteiger partial charge in [0.2, 0.25) is 0 Å². The van der Waals surface area contributed by atoms with E-state index in [0.717, 1.165) is 18.2 Å². The molecule has 1 atom stereocenters. The summed E-state index contributed by atoms with van der Waals surface area (Å²) in [5, 5.41) is 3.59. The molecular formula is C15H24N2O. The summed E-state index contributed by atoms with van der Waals surface area (Å²) in [6.45, 7) is 3.15. The van der Waals surface area contributed by atoms with E-state index >= 15 is 0 Å². The Balaban J connectivity index is 2.11. The van der Waals surface area contributed by atoms with E-state index < -0.39 is 0 Å². The molecule has 1 heterocycles. The van der Waals surface area contributed by atoms with Crippen LogP contribution in [0.4, 0.5) is 0 Å². The summed E-state index contributed by atoms with van der Waals surface area (Å²) < 4.78 is 5.43. The van der Waals surface area contributed by atoms with E-state index in [1.807, 2.05) is 12.4 Å². The SMILES string of the molecule is CCNC(CC1CCCC1)c1ccncc1OC. The molecule has 0 amide bonds. The Morgan fingerprint density at radius 2 is 2.22 bits per heavy atom. The number of ether oxygens (including phenoxy) is 1. The van der Waals surface area contributed by atoms with Gasteiger partial charge in [0.05, 0.1) is 13.3 Å². The first-order chi connectivity index (χ1) is 8.85. The second kappa shape index (κ2) is 6.74. The Hall–Kier alpha value is -1.09. The average Bonchev–Trinajstić information content (AvgIpc) is 2.91. The molecule has 1 aliphatic carbocycles. The van der Waals surface area contributed by atoms with Gasteiger partial charge in [0.1, 0.15) is 5.75 Å². The highest BCUT2D eigenvalue weighted by Gasteiger charge is 2.22. The van der Waals surface area contributed by atoms with Crippen LogP contribution < -0.4 is 10.1 Å². The predicted octanol–water partition coefficient (Wildman–Crippen LogP) is 3.32. The smallest absolute Gasteiger partial charge is 0.141 e. The van der Waals surface area contributed by atoms with Crippen molar-refractivity contribution in [2.45, 2.75) is 45.1 Å². The number of methoxy groups -OCH3 is 1. The molecule has 100 valence electrons. The van der Waals surface area contributed by atoms with Gasteiger partial charge in [0.15, 0.2) is 0 Å². The molecule has 1 aromatic rings. The zero-order valence-electron chi connectivity index (χ0n) is 11.5. The van der Waals surface area contributed by atoms with E-state index in [0.29, 0.717) is 6.04 Å². The van der Waals surface area contributed by atoms with Crippen molar-refractivity contribution in [3.63, 3.8) is 0 Å². The third-order valence-electron chi connectivity index (χ3n) is 3.91. The number of aromatic nitrogens is 1. The lowest BCUT2D eigenvalue weighted by atomic mass is 9.93. The summed E-state index contributed by atoms with van der Waals surface area (Å²) in [4.78, 5) is 4.14. The van der Waals surface area contributed by atoms with Crippen LogP contribution in [0.15, 0.2) is 18.5 Å². The van der Waals surface area contributed by atoms with Crippen LogP contribution in [0.5, 0.6) is 5.75 Å². The fraction of sp³-hybridized carbons (Fsp3) is 0.667. The Labute approximate surface area is 110 Å². The van der Waals surface area contributed by atoms with Crippen molar-refractivity contribution in [1.82, 2.24) is 10.3 Å².